The van der Waals surface area contributed by atoms with Gasteiger partial charge in [-0.1, -0.05) is 28.9 Å². The third-order valence-electron chi connectivity index (χ3n) is 4.15. The topological polar surface area (TPSA) is 41.1 Å². The van der Waals surface area contributed by atoms with Gasteiger partial charge in [0.05, 0.1) is 5.41 Å². The number of carbonyl (C=O) groups excluding carboxylic acids is 1. The molecular weight excluding hydrogens is 304 g/mol. The Morgan fingerprint density at radius 3 is 2.95 bits per heavy atom. The Kier molecular flexibility index (Phi) is 4.63. The summed E-state index contributed by atoms with van der Waals surface area (Å²) < 4.78 is 1.03. The normalized spacial score (nSPS) is 23.1. The highest BCUT2D eigenvalue weighted by Crippen LogP contribution is 2.32. The highest BCUT2D eigenvalue weighted by atomic mass is 79.9. The number of carbonyl (C=O) groups is 1. The van der Waals surface area contributed by atoms with Gasteiger partial charge in [-0.3, -0.25) is 4.79 Å². The van der Waals surface area contributed by atoms with Crippen LogP contribution >= 0.6 is 15.9 Å². The van der Waals surface area contributed by atoms with Gasteiger partial charge < -0.3 is 10.6 Å². The van der Waals surface area contributed by atoms with Gasteiger partial charge in [0.2, 0.25) is 5.91 Å². The predicted molar refractivity (Wildman–Crippen MR) is 82.3 cm³/mol. The summed E-state index contributed by atoms with van der Waals surface area (Å²) in [7, 11) is 0. The van der Waals surface area contributed by atoms with Crippen LogP contribution < -0.4 is 10.6 Å². The molecule has 0 radical (unpaired) electrons. The molecule has 1 aromatic carbocycles. The fourth-order valence-electron chi connectivity index (χ4n) is 2.62. The summed E-state index contributed by atoms with van der Waals surface area (Å²) in [6.45, 7) is 5.91. The van der Waals surface area contributed by atoms with Crippen molar-refractivity contribution in [3.05, 3.63) is 28.2 Å². The number of amides is 1. The van der Waals surface area contributed by atoms with Crippen LogP contribution in [-0.4, -0.2) is 19.0 Å². The number of nitrogens with one attached hydrogen (secondary N) is 2. The van der Waals surface area contributed by atoms with E-state index >= 15 is 0 Å². The van der Waals surface area contributed by atoms with E-state index in [1.165, 1.54) is 0 Å². The van der Waals surface area contributed by atoms with Crippen LogP contribution in [0.5, 0.6) is 0 Å². The first-order chi connectivity index (χ1) is 9.09. The summed E-state index contributed by atoms with van der Waals surface area (Å²) in [6, 6.07) is 5.89. The predicted octanol–water partition coefficient (Wildman–Crippen LogP) is 3.48. The Morgan fingerprint density at radius 2 is 2.32 bits per heavy atom. The molecule has 3 nitrogen and oxygen atoms in total. The van der Waals surface area contributed by atoms with Crippen molar-refractivity contribution in [3.63, 3.8) is 0 Å². The van der Waals surface area contributed by atoms with Crippen LogP contribution in [0.15, 0.2) is 22.7 Å². The zero-order chi connectivity index (χ0) is 13.9. The number of hydrogen-bond donors (Lipinski definition) is 2. The smallest absolute Gasteiger partial charge is 0.231 e. The molecule has 0 bridgehead atoms. The molecule has 19 heavy (non-hydrogen) atoms. The summed E-state index contributed by atoms with van der Waals surface area (Å²) in [6.07, 6.45) is 2.91. The van der Waals surface area contributed by atoms with Crippen LogP contribution in [0.3, 0.4) is 0 Å². The molecule has 1 unspecified atom stereocenters. The Hall–Kier alpha value is -0.870. The van der Waals surface area contributed by atoms with Crippen molar-refractivity contribution < 1.29 is 4.79 Å². The van der Waals surface area contributed by atoms with Gasteiger partial charge in [-0.15, -0.1) is 0 Å². The summed E-state index contributed by atoms with van der Waals surface area (Å²) in [5.74, 6) is 0.142. The second-order valence-electron chi connectivity index (χ2n) is 5.28. The number of halogens is 1. The highest BCUT2D eigenvalue weighted by molar-refractivity contribution is 9.10. The van der Waals surface area contributed by atoms with Crippen molar-refractivity contribution in [2.75, 3.05) is 18.4 Å². The van der Waals surface area contributed by atoms with Crippen LogP contribution in [0.25, 0.3) is 0 Å². The number of benzene rings is 1. The fraction of sp³-hybridized carbons (Fsp3) is 0.533. The molecule has 1 saturated heterocycles. The first-order valence-corrected chi connectivity index (χ1v) is 7.65. The summed E-state index contributed by atoms with van der Waals surface area (Å²) in [5, 5.41) is 6.45. The van der Waals surface area contributed by atoms with Crippen molar-refractivity contribution in [1.29, 1.82) is 0 Å². The van der Waals surface area contributed by atoms with Crippen LogP contribution in [0.2, 0.25) is 0 Å². The number of anilines is 1. The molecule has 1 amide bonds. The molecule has 2 N–H and O–H groups in total. The lowest BCUT2D eigenvalue weighted by Crippen LogP contribution is -2.47. The van der Waals surface area contributed by atoms with Crippen molar-refractivity contribution in [2.45, 2.75) is 33.1 Å². The van der Waals surface area contributed by atoms with Crippen LogP contribution in [0.4, 0.5) is 5.69 Å². The maximum absolute atomic E-state index is 12.6. The molecule has 4 heteroatoms. The lowest BCUT2D eigenvalue weighted by Gasteiger charge is -2.35. The molecule has 1 aliphatic rings. The van der Waals surface area contributed by atoms with E-state index in [0.717, 1.165) is 48.1 Å². The molecule has 0 aromatic heterocycles. The van der Waals surface area contributed by atoms with E-state index in [4.69, 9.17) is 0 Å². The van der Waals surface area contributed by atoms with Gasteiger partial charge in [0.15, 0.2) is 0 Å². The van der Waals surface area contributed by atoms with Crippen molar-refractivity contribution >= 4 is 27.5 Å². The average Bonchev–Trinajstić information content (AvgIpc) is 2.44. The first-order valence-electron chi connectivity index (χ1n) is 6.86. The van der Waals surface area contributed by atoms with E-state index in [1.807, 2.05) is 25.1 Å². The number of piperidine rings is 1. The van der Waals surface area contributed by atoms with Crippen molar-refractivity contribution in [2.24, 2.45) is 5.41 Å². The van der Waals surface area contributed by atoms with Gasteiger partial charge in [-0.2, -0.15) is 0 Å². The van der Waals surface area contributed by atoms with Crippen molar-refractivity contribution in [3.8, 4) is 0 Å². The minimum absolute atomic E-state index is 0.142. The van der Waals surface area contributed by atoms with E-state index in [-0.39, 0.29) is 11.3 Å². The number of rotatable bonds is 3. The summed E-state index contributed by atoms with van der Waals surface area (Å²) in [4.78, 5) is 12.6. The Balaban J connectivity index is 2.17. The molecule has 1 aliphatic heterocycles. The molecule has 1 aromatic rings. The van der Waals surface area contributed by atoms with E-state index < -0.39 is 0 Å². The van der Waals surface area contributed by atoms with Crippen LogP contribution in [-0.2, 0) is 4.79 Å². The molecule has 104 valence electrons. The largest absolute Gasteiger partial charge is 0.325 e. The second-order valence-corrected chi connectivity index (χ2v) is 6.14. The van der Waals surface area contributed by atoms with Crippen LogP contribution in [0.1, 0.15) is 31.7 Å². The van der Waals surface area contributed by atoms with Gasteiger partial charge in [0, 0.05) is 16.7 Å². The molecule has 1 fully saturated rings. The maximum atomic E-state index is 12.6. The lowest BCUT2D eigenvalue weighted by molar-refractivity contribution is -0.126. The lowest BCUT2D eigenvalue weighted by atomic mass is 9.77. The first kappa shape index (κ1) is 14.5. The SMILES string of the molecule is CCC1(C(=O)Nc2cccc(Br)c2C)CCCNC1. The number of hydrogen-bond acceptors (Lipinski definition) is 2. The average molecular weight is 325 g/mol. The van der Waals surface area contributed by atoms with E-state index in [2.05, 4.69) is 33.5 Å². The Bertz CT molecular complexity index is 467. The molecule has 1 atom stereocenters. The quantitative estimate of drug-likeness (QED) is 0.893. The molecule has 0 spiro atoms. The Morgan fingerprint density at radius 1 is 1.53 bits per heavy atom. The molecule has 0 saturated carbocycles. The zero-order valence-electron chi connectivity index (χ0n) is 11.6. The fourth-order valence-corrected chi connectivity index (χ4v) is 2.99. The third-order valence-corrected chi connectivity index (χ3v) is 5.01. The van der Waals surface area contributed by atoms with Gasteiger partial charge in [0.25, 0.3) is 0 Å². The molecule has 2 rings (SSSR count). The molecular formula is C15H21BrN2O. The second kappa shape index (κ2) is 6.06. The van der Waals surface area contributed by atoms with E-state index in [1.54, 1.807) is 0 Å². The van der Waals surface area contributed by atoms with Gasteiger partial charge in [-0.05, 0) is 50.4 Å². The Labute approximate surface area is 123 Å². The monoisotopic (exact) mass is 324 g/mol. The van der Waals surface area contributed by atoms with Gasteiger partial charge in [-0.25, -0.2) is 0 Å². The van der Waals surface area contributed by atoms with E-state index in [9.17, 15) is 4.79 Å². The van der Waals surface area contributed by atoms with Gasteiger partial charge in [0.1, 0.15) is 0 Å². The van der Waals surface area contributed by atoms with Crippen LogP contribution in [0, 0.1) is 12.3 Å². The highest BCUT2D eigenvalue weighted by Gasteiger charge is 2.37. The summed E-state index contributed by atoms with van der Waals surface area (Å²) >= 11 is 3.50. The van der Waals surface area contributed by atoms with Crippen molar-refractivity contribution in [1.82, 2.24) is 5.32 Å². The standard InChI is InChI=1S/C15H21BrN2O/c1-3-15(8-5-9-17-10-15)14(19)18-13-7-4-6-12(16)11(13)2/h4,6-7,17H,3,5,8-10H2,1-2H3,(H,18,19). The molecule has 1 heterocycles. The van der Waals surface area contributed by atoms with E-state index in [0.29, 0.717) is 0 Å². The van der Waals surface area contributed by atoms with Gasteiger partial charge >= 0.3 is 0 Å². The maximum Gasteiger partial charge on any atom is 0.231 e. The minimum atomic E-state index is -0.257. The molecule has 0 aliphatic carbocycles. The minimum Gasteiger partial charge on any atom is -0.325 e. The third kappa shape index (κ3) is 3.00. The summed E-state index contributed by atoms with van der Waals surface area (Å²) in [5.41, 5.74) is 1.72. The zero-order valence-corrected chi connectivity index (χ0v) is 13.1.